The van der Waals surface area contributed by atoms with Gasteiger partial charge in [0.15, 0.2) is 0 Å². The first-order chi connectivity index (χ1) is 10.2. The van der Waals surface area contributed by atoms with E-state index in [9.17, 15) is 0 Å². The van der Waals surface area contributed by atoms with Crippen LogP contribution in [-0.2, 0) is 6.42 Å². The van der Waals surface area contributed by atoms with Crippen LogP contribution in [0.1, 0.15) is 47.9 Å². The van der Waals surface area contributed by atoms with E-state index in [2.05, 4.69) is 74.6 Å². The van der Waals surface area contributed by atoms with Crippen molar-refractivity contribution in [1.82, 2.24) is 5.32 Å². The highest BCUT2D eigenvalue weighted by atomic mass is 79.9. The number of hydrogen-bond donors (Lipinski definition) is 1. The first-order valence-electron chi connectivity index (χ1n) is 7.39. The fourth-order valence-corrected chi connectivity index (χ4v) is 6.35. The maximum atomic E-state index is 3.70. The maximum absolute atomic E-state index is 3.70. The third-order valence-corrected chi connectivity index (χ3v) is 6.81. The van der Waals surface area contributed by atoms with E-state index in [1.54, 1.807) is 22.5 Å². The molecule has 21 heavy (non-hydrogen) atoms. The van der Waals surface area contributed by atoms with Gasteiger partial charge in [0.2, 0.25) is 0 Å². The van der Waals surface area contributed by atoms with Crippen LogP contribution in [0.4, 0.5) is 0 Å². The predicted octanol–water partition coefficient (Wildman–Crippen LogP) is 6.04. The largest absolute Gasteiger partial charge is 0.313 e. The van der Waals surface area contributed by atoms with Gasteiger partial charge in [0.25, 0.3) is 0 Å². The summed E-state index contributed by atoms with van der Waals surface area (Å²) in [5.41, 5.74) is 4.49. The molecule has 0 radical (unpaired) electrons. The van der Waals surface area contributed by atoms with E-state index in [1.807, 2.05) is 0 Å². The Hall–Kier alpha value is -0.160. The Morgan fingerprint density at radius 2 is 2.14 bits per heavy atom. The maximum Gasteiger partial charge on any atom is 0.0758 e. The van der Waals surface area contributed by atoms with Gasteiger partial charge in [-0.15, -0.1) is 11.3 Å². The molecule has 1 nitrogen and oxygen atoms in total. The van der Waals surface area contributed by atoms with Gasteiger partial charge in [-0.05, 0) is 93.3 Å². The zero-order chi connectivity index (χ0) is 14.8. The molecule has 0 spiro atoms. The van der Waals surface area contributed by atoms with E-state index in [-0.39, 0.29) is 0 Å². The molecule has 112 valence electrons. The molecule has 0 saturated heterocycles. The Bertz CT molecular complexity index is 623. The lowest BCUT2D eigenvalue weighted by Crippen LogP contribution is -2.21. The van der Waals surface area contributed by atoms with Gasteiger partial charge >= 0.3 is 0 Å². The molecular weight excluding hydrogens is 410 g/mol. The van der Waals surface area contributed by atoms with Crippen LogP contribution in [-0.4, -0.2) is 7.05 Å². The average Bonchev–Trinajstić information content (AvgIpc) is 2.83. The van der Waals surface area contributed by atoms with Gasteiger partial charge in [0, 0.05) is 6.04 Å². The second kappa shape index (κ2) is 6.95. The van der Waals surface area contributed by atoms with Crippen LogP contribution in [0.5, 0.6) is 0 Å². The minimum absolute atomic E-state index is 0.401. The Balaban J connectivity index is 1.84. The number of fused-ring (bicyclic) bond motifs is 1. The summed E-state index contributed by atoms with van der Waals surface area (Å²) < 4.78 is 2.42. The molecule has 0 fully saturated rings. The van der Waals surface area contributed by atoms with Crippen LogP contribution in [0.2, 0.25) is 0 Å². The number of hydrogen-bond acceptors (Lipinski definition) is 2. The lowest BCUT2D eigenvalue weighted by Gasteiger charge is -2.29. The van der Waals surface area contributed by atoms with Crippen LogP contribution >= 0.6 is 43.2 Å². The van der Waals surface area contributed by atoms with Gasteiger partial charge in [-0.1, -0.05) is 24.3 Å². The number of nitrogens with one attached hydrogen (secondary N) is 1. The van der Waals surface area contributed by atoms with Crippen LogP contribution < -0.4 is 5.32 Å². The topological polar surface area (TPSA) is 12.0 Å². The van der Waals surface area contributed by atoms with Crippen LogP contribution in [0.25, 0.3) is 0 Å². The zero-order valence-electron chi connectivity index (χ0n) is 12.0. The van der Waals surface area contributed by atoms with Gasteiger partial charge in [-0.25, -0.2) is 0 Å². The Labute approximate surface area is 147 Å². The molecule has 2 atom stereocenters. The van der Waals surface area contributed by atoms with Crippen LogP contribution in [0.3, 0.4) is 0 Å². The van der Waals surface area contributed by atoms with Crippen molar-refractivity contribution >= 4 is 43.2 Å². The number of halogens is 2. The van der Waals surface area contributed by atoms with Crippen LogP contribution in [0, 0.1) is 0 Å². The van der Waals surface area contributed by atoms with E-state index in [4.69, 9.17) is 0 Å². The summed E-state index contributed by atoms with van der Waals surface area (Å²) in [6, 6.07) is 11.6. The molecule has 1 aromatic heterocycles. The van der Waals surface area contributed by atoms with E-state index in [0.29, 0.717) is 12.0 Å². The molecular formula is C17H19Br2NS. The van der Waals surface area contributed by atoms with Crippen molar-refractivity contribution in [3.05, 3.63) is 54.6 Å². The molecule has 1 heterocycles. The summed E-state index contributed by atoms with van der Waals surface area (Å²) in [4.78, 5) is 0. The third kappa shape index (κ3) is 3.44. The highest BCUT2D eigenvalue weighted by molar-refractivity contribution is 9.12. The Kier molecular flexibility index (Phi) is 5.20. The lowest BCUT2D eigenvalue weighted by molar-refractivity contribution is 0.439. The summed E-state index contributed by atoms with van der Waals surface area (Å²) in [6.07, 6.45) is 5.02. The molecule has 2 aromatic rings. The van der Waals surface area contributed by atoms with Crippen molar-refractivity contribution in [2.75, 3.05) is 7.05 Å². The van der Waals surface area contributed by atoms with E-state index in [1.165, 1.54) is 32.4 Å². The van der Waals surface area contributed by atoms with E-state index in [0.717, 1.165) is 6.42 Å². The molecule has 1 aliphatic rings. The minimum atomic E-state index is 0.401. The molecule has 0 saturated carbocycles. The van der Waals surface area contributed by atoms with E-state index >= 15 is 0 Å². The minimum Gasteiger partial charge on any atom is -0.313 e. The first kappa shape index (κ1) is 15.7. The normalized spacial score (nSPS) is 19.3. The molecule has 0 aliphatic heterocycles. The number of benzene rings is 1. The first-order valence-corrected chi connectivity index (χ1v) is 9.79. The smallest absolute Gasteiger partial charge is 0.0758 e. The van der Waals surface area contributed by atoms with Gasteiger partial charge < -0.3 is 5.32 Å². The van der Waals surface area contributed by atoms with Crippen molar-refractivity contribution in [2.24, 2.45) is 0 Å². The molecule has 1 aliphatic carbocycles. The number of rotatable bonds is 4. The number of thiophene rings is 1. The standard InChI is InChI=1S/C17H19Br2NS/c1-20-15(14-10-16(18)21-17(14)19)9-12-7-4-6-11-5-2-3-8-13(11)12/h2-3,5,8,10,12,15,20H,4,6-7,9H2,1H3. The van der Waals surface area contributed by atoms with Gasteiger partial charge in [0.05, 0.1) is 7.57 Å². The summed E-state index contributed by atoms with van der Waals surface area (Å²) in [5, 5.41) is 3.51. The molecule has 1 aromatic carbocycles. The molecule has 2 unspecified atom stereocenters. The second-order valence-electron chi connectivity index (χ2n) is 5.64. The predicted molar refractivity (Wildman–Crippen MR) is 98.3 cm³/mol. The van der Waals surface area contributed by atoms with Crippen molar-refractivity contribution in [3.8, 4) is 0 Å². The molecule has 0 bridgehead atoms. The van der Waals surface area contributed by atoms with Gasteiger partial charge in [-0.2, -0.15) is 0 Å². The number of aryl methyl sites for hydroxylation is 1. The third-order valence-electron chi connectivity index (χ3n) is 4.42. The quantitative estimate of drug-likeness (QED) is 0.625. The van der Waals surface area contributed by atoms with Crippen molar-refractivity contribution in [3.63, 3.8) is 0 Å². The summed E-state index contributed by atoms with van der Waals surface area (Å²) >= 11 is 9.05. The fourth-order valence-electron chi connectivity index (χ4n) is 3.37. The zero-order valence-corrected chi connectivity index (χ0v) is 16.0. The lowest BCUT2D eigenvalue weighted by atomic mass is 9.79. The van der Waals surface area contributed by atoms with Crippen molar-refractivity contribution in [2.45, 2.75) is 37.6 Å². The SMILES string of the molecule is CNC(CC1CCCc2ccccc21)c1cc(Br)sc1Br. The van der Waals surface area contributed by atoms with E-state index < -0.39 is 0 Å². The summed E-state index contributed by atoms with van der Waals surface area (Å²) in [5.74, 6) is 0.665. The molecule has 4 heteroatoms. The Morgan fingerprint density at radius 3 is 2.86 bits per heavy atom. The highest BCUT2D eigenvalue weighted by Gasteiger charge is 2.25. The monoisotopic (exact) mass is 427 g/mol. The molecule has 3 rings (SSSR count). The summed E-state index contributed by atoms with van der Waals surface area (Å²) in [6.45, 7) is 0. The fraction of sp³-hybridized carbons (Fsp3) is 0.412. The van der Waals surface area contributed by atoms with Crippen molar-refractivity contribution in [1.29, 1.82) is 0 Å². The molecule has 1 N–H and O–H groups in total. The Morgan fingerprint density at radius 1 is 1.33 bits per heavy atom. The van der Waals surface area contributed by atoms with Crippen molar-refractivity contribution < 1.29 is 0 Å². The average molecular weight is 429 g/mol. The van der Waals surface area contributed by atoms with Gasteiger partial charge in [0.1, 0.15) is 0 Å². The van der Waals surface area contributed by atoms with Gasteiger partial charge in [-0.3, -0.25) is 0 Å². The summed E-state index contributed by atoms with van der Waals surface area (Å²) in [7, 11) is 2.07. The highest BCUT2D eigenvalue weighted by Crippen LogP contribution is 2.41. The molecule has 0 amide bonds. The van der Waals surface area contributed by atoms with Crippen LogP contribution in [0.15, 0.2) is 37.9 Å². The second-order valence-corrected chi connectivity index (χ2v) is 9.39.